The molecule has 30 heavy (non-hydrogen) atoms. The summed E-state index contributed by atoms with van der Waals surface area (Å²) in [5.74, 6) is -40.5. The van der Waals surface area contributed by atoms with Crippen molar-refractivity contribution in [1.29, 1.82) is 0 Å². The number of carbonyl (C=O) groups is 1. The van der Waals surface area contributed by atoms with Crippen LogP contribution in [-0.4, -0.2) is 53.8 Å². The number of amides is 1. The van der Waals surface area contributed by atoms with Gasteiger partial charge < -0.3 is 5.73 Å². The first kappa shape index (κ1) is 28.5. The molecule has 0 heterocycles. The lowest BCUT2D eigenvalue weighted by Crippen LogP contribution is -2.78. The average molecular weight is 476 g/mol. The Kier molecular flexibility index (Phi) is 7.82. The van der Waals surface area contributed by atoms with E-state index in [0.717, 1.165) is 0 Å². The fraction of sp³-hybridized carbons (Fsp3) is 0.929. The molecular formula is C14H17F13N2O. The van der Waals surface area contributed by atoms with Crippen LogP contribution in [0.3, 0.4) is 0 Å². The Balaban J connectivity index is 6.74. The molecule has 0 aromatic rings. The minimum atomic E-state index is -8.04. The second-order valence-electron chi connectivity index (χ2n) is 6.27. The molecule has 0 aromatic heterocycles. The van der Waals surface area contributed by atoms with Gasteiger partial charge in [0, 0.05) is 0 Å². The molecule has 0 aromatic carbocycles. The van der Waals surface area contributed by atoms with Crippen LogP contribution >= 0.6 is 0 Å². The number of alkyl halides is 13. The van der Waals surface area contributed by atoms with Crippen molar-refractivity contribution in [3.05, 3.63) is 0 Å². The largest absolute Gasteiger partial charge is 0.460 e. The van der Waals surface area contributed by atoms with E-state index in [4.69, 9.17) is 0 Å². The normalized spacial score (nSPS) is 17.0. The summed E-state index contributed by atoms with van der Waals surface area (Å²) >= 11 is 0. The lowest BCUT2D eigenvalue weighted by molar-refractivity contribution is -0.443. The molecule has 16 heteroatoms. The number of hydrogen-bond acceptors (Lipinski definition) is 2. The fourth-order valence-corrected chi connectivity index (χ4v) is 2.39. The van der Waals surface area contributed by atoms with E-state index in [1.807, 2.05) is 0 Å². The number of primary amides is 1. The molecule has 180 valence electrons. The van der Waals surface area contributed by atoms with Gasteiger partial charge in [-0.1, -0.05) is 20.3 Å². The van der Waals surface area contributed by atoms with Gasteiger partial charge in [-0.2, -0.15) is 57.1 Å². The lowest BCUT2D eigenvalue weighted by atomic mass is 9.79. The first-order valence-electron chi connectivity index (χ1n) is 8.07. The van der Waals surface area contributed by atoms with Gasteiger partial charge in [-0.25, -0.2) is 0 Å². The summed E-state index contributed by atoms with van der Waals surface area (Å²) in [5, 5.41) is 1.43. The van der Waals surface area contributed by atoms with Crippen molar-refractivity contribution in [2.24, 2.45) is 5.73 Å². The smallest absolute Gasteiger partial charge is 0.368 e. The van der Waals surface area contributed by atoms with Crippen LogP contribution in [0.2, 0.25) is 0 Å². The van der Waals surface area contributed by atoms with Crippen molar-refractivity contribution in [2.45, 2.75) is 74.4 Å². The maximum atomic E-state index is 14.5. The van der Waals surface area contributed by atoms with Crippen molar-refractivity contribution in [3.63, 3.8) is 0 Å². The van der Waals surface area contributed by atoms with Gasteiger partial charge in [0.05, 0.1) is 0 Å². The van der Waals surface area contributed by atoms with E-state index < -0.39 is 60.2 Å². The third-order valence-corrected chi connectivity index (χ3v) is 4.38. The SMILES string of the molecule is CCCCNC(CC)(C(N)=O)C(F)(F)C(F)(F)C(F)(F)C(F)(F)C(F)(F)C(F)(F)F. The van der Waals surface area contributed by atoms with Crippen molar-refractivity contribution < 1.29 is 61.9 Å². The van der Waals surface area contributed by atoms with E-state index in [1.54, 1.807) is 0 Å². The molecule has 0 rings (SSSR count). The van der Waals surface area contributed by atoms with Crippen LogP contribution in [0, 0.1) is 0 Å². The Labute approximate surface area is 161 Å². The van der Waals surface area contributed by atoms with Crippen LogP contribution in [0.5, 0.6) is 0 Å². The van der Waals surface area contributed by atoms with Gasteiger partial charge in [-0.15, -0.1) is 0 Å². The number of unbranched alkanes of at least 4 members (excludes halogenated alkanes) is 1. The summed E-state index contributed by atoms with van der Waals surface area (Å²) in [7, 11) is 0. The van der Waals surface area contributed by atoms with E-state index in [-0.39, 0.29) is 12.8 Å². The van der Waals surface area contributed by atoms with Crippen molar-refractivity contribution >= 4 is 5.91 Å². The summed E-state index contributed by atoms with van der Waals surface area (Å²) in [5.41, 5.74) is 0.397. The summed E-state index contributed by atoms with van der Waals surface area (Å²) in [6.07, 6.45) is -9.02. The van der Waals surface area contributed by atoms with E-state index in [9.17, 15) is 61.9 Å². The van der Waals surface area contributed by atoms with E-state index >= 15 is 0 Å². The predicted molar refractivity (Wildman–Crippen MR) is 75.9 cm³/mol. The van der Waals surface area contributed by atoms with Crippen molar-refractivity contribution in [3.8, 4) is 0 Å². The van der Waals surface area contributed by atoms with Crippen molar-refractivity contribution in [1.82, 2.24) is 5.32 Å². The third-order valence-electron chi connectivity index (χ3n) is 4.38. The Hall–Kier alpha value is -1.48. The molecule has 3 nitrogen and oxygen atoms in total. The Bertz CT molecular complexity index is 617. The monoisotopic (exact) mass is 476 g/mol. The second-order valence-corrected chi connectivity index (χ2v) is 6.27. The van der Waals surface area contributed by atoms with E-state index in [2.05, 4.69) is 5.73 Å². The maximum Gasteiger partial charge on any atom is 0.460 e. The topological polar surface area (TPSA) is 55.1 Å². The first-order chi connectivity index (χ1) is 13.1. The number of nitrogens with two attached hydrogens (primary N) is 1. The van der Waals surface area contributed by atoms with Gasteiger partial charge in [0.1, 0.15) is 0 Å². The van der Waals surface area contributed by atoms with Gasteiger partial charge in [0.2, 0.25) is 5.91 Å². The van der Waals surface area contributed by atoms with Gasteiger partial charge in [0.25, 0.3) is 0 Å². The quantitative estimate of drug-likeness (QED) is 0.334. The zero-order chi connectivity index (χ0) is 24.6. The van der Waals surface area contributed by atoms with Crippen LogP contribution in [0.1, 0.15) is 33.1 Å². The maximum absolute atomic E-state index is 14.5. The molecule has 0 aliphatic carbocycles. The highest BCUT2D eigenvalue weighted by atomic mass is 19.4. The van der Waals surface area contributed by atoms with Gasteiger partial charge in [0.15, 0.2) is 5.54 Å². The Morgan fingerprint density at radius 1 is 0.700 bits per heavy atom. The number of carbonyl (C=O) groups excluding carboxylic acids is 1. The standard InChI is InChI=1S/C14H17F13N2O/c1-3-5-6-29-8(4-2,7(28)30)9(15,16)10(17,18)11(19,20)12(21,22)13(23,24)14(25,26)27/h29H,3-6H2,1-2H3,(H2,28,30). The zero-order valence-corrected chi connectivity index (χ0v) is 15.2. The van der Waals surface area contributed by atoms with E-state index in [1.165, 1.54) is 12.2 Å². The summed E-state index contributed by atoms with van der Waals surface area (Å²) < 4.78 is 173. The molecule has 0 aliphatic heterocycles. The number of nitrogens with one attached hydrogen (secondary N) is 1. The molecule has 1 atom stereocenters. The fourth-order valence-electron chi connectivity index (χ4n) is 2.39. The average Bonchev–Trinajstić information content (AvgIpc) is 2.56. The molecule has 0 saturated heterocycles. The highest BCUT2D eigenvalue weighted by Gasteiger charge is 2.92. The summed E-state index contributed by atoms with van der Waals surface area (Å²) in [4.78, 5) is 11.5. The second kappa shape index (κ2) is 8.22. The van der Waals surface area contributed by atoms with Crippen LogP contribution < -0.4 is 11.1 Å². The molecule has 0 bridgehead atoms. The van der Waals surface area contributed by atoms with Crippen LogP contribution in [0.25, 0.3) is 0 Å². The molecule has 0 fully saturated rings. The van der Waals surface area contributed by atoms with E-state index in [0.29, 0.717) is 6.92 Å². The predicted octanol–water partition coefficient (Wildman–Crippen LogP) is 4.75. The number of halogens is 13. The minimum Gasteiger partial charge on any atom is -0.368 e. The zero-order valence-electron chi connectivity index (χ0n) is 15.2. The number of rotatable bonds is 11. The highest BCUT2D eigenvalue weighted by Crippen LogP contribution is 2.61. The molecule has 0 aliphatic rings. The molecule has 0 radical (unpaired) electrons. The molecule has 1 amide bonds. The van der Waals surface area contributed by atoms with Crippen LogP contribution in [-0.2, 0) is 4.79 Å². The van der Waals surface area contributed by atoms with Gasteiger partial charge in [-0.05, 0) is 19.4 Å². The number of hydrogen-bond donors (Lipinski definition) is 2. The van der Waals surface area contributed by atoms with Gasteiger partial charge >= 0.3 is 35.8 Å². The highest BCUT2D eigenvalue weighted by molar-refractivity contribution is 5.86. The van der Waals surface area contributed by atoms with Crippen LogP contribution in [0.4, 0.5) is 57.1 Å². The van der Waals surface area contributed by atoms with Crippen LogP contribution in [0.15, 0.2) is 0 Å². The van der Waals surface area contributed by atoms with Crippen molar-refractivity contribution in [2.75, 3.05) is 6.54 Å². The van der Waals surface area contributed by atoms with Gasteiger partial charge in [-0.3, -0.25) is 10.1 Å². The first-order valence-corrected chi connectivity index (χ1v) is 8.07. The summed E-state index contributed by atoms with van der Waals surface area (Å²) in [6, 6.07) is 0. The lowest BCUT2D eigenvalue weighted by Gasteiger charge is -2.45. The Morgan fingerprint density at radius 2 is 1.07 bits per heavy atom. The molecule has 1 unspecified atom stereocenters. The summed E-state index contributed by atoms with van der Waals surface area (Å²) in [6.45, 7) is 1.19. The third kappa shape index (κ3) is 3.79. The minimum absolute atomic E-state index is 0.143. The Morgan fingerprint density at radius 3 is 1.37 bits per heavy atom. The molecule has 3 N–H and O–H groups in total. The molecule has 0 saturated carbocycles. The molecule has 0 spiro atoms. The molecular weight excluding hydrogens is 459 g/mol.